The van der Waals surface area contributed by atoms with E-state index in [4.69, 9.17) is 0 Å². The van der Waals surface area contributed by atoms with Crippen LogP contribution in [0.2, 0.25) is 0 Å². The number of hydrogen-bond acceptors (Lipinski definition) is 4. The Morgan fingerprint density at radius 2 is 1.56 bits per heavy atom. The highest BCUT2D eigenvalue weighted by Gasteiger charge is 2.30. The first-order valence-corrected chi connectivity index (χ1v) is 11.8. The zero-order chi connectivity index (χ0) is 26.0. The summed E-state index contributed by atoms with van der Waals surface area (Å²) in [6.07, 6.45) is -1.63. The van der Waals surface area contributed by atoms with Crippen molar-refractivity contribution in [3.63, 3.8) is 0 Å². The third kappa shape index (κ3) is 6.68. The Labute approximate surface area is 201 Å². The van der Waals surface area contributed by atoms with E-state index in [0.29, 0.717) is 10.2 Å². The van der Waals surface area contributed by atoms with Crippen LogP contribution in [0.3, 0.4) is 0 Å². The van der Waals surface area contributed by atoms with Crippen molar-refractivity contribution in [2.45, 2.75) is 73.3 Å². The molecule has 0 spiro atoms. The molecule has 0 radical (unpaired) electrons. The number of carbonyl (C=O) groups is 2. The molecule has 0 atom stereocenters. The molecule has 1 amide bonds. The van der Waals surface area contributed by atoms with Gasteiger partial charge in [0, 0.05) is 23.6 Å². The molecule has 0 saturated carbocycles. The Bertz CT molecular complexity index is 1210. The summed E-state index contributed by atoms with van der Waals surface area (Å²) in [5.41, 5.74) is -1.54. The van der Waals surface area contributed by atoms with Crippen molar-refractivity contribution in [1.82, 2.24) is 9.47 Å². The summed E-state index contributed by atoms with van der Waals surface area (Å²) in [4.78, 5) is 40.6. The Kier molecular flexibility index (Phi) is 8.35. The number of hydrogen-bond donors (Lipinski definition) is 0. The van der Waals surface area contributed by atoms with Gasteiger partial charge in [0.15, 0.2) is 5.78 Å². The van der Waals surface area contributed by atoms with Crippen LogP contribution in [0.1, 0.15) is 59.6 Å². The van der Waals surface area contributed by atoms with Crippen molar-refractivity contribution in [3.8, 4) is 0 Å². The number of aromatic nitrogens is 1. The topological polar surface area (TPSA) is 59.4 Å². The van der Waals surface area contributed by atoms with E-state index >= 15 is 0 Å². The maximum absolute atomic E-state index is 13.2. The van der Waals surface area contributed by atoms with E-state index in [1.807, 2.05) is 27.7 Å². The lowest BCUT2D eigenvalue weighted by Crippen LogP contribution is -2.46. The van der Waals surface area contributed by atoms with Gasteiger partial charge in [0.2, 0.25) is 5.91 Å². The number of thiazole rings is 1. The predicted octanol–water partition coefficient (Wildman–Crippen LogP) is 3.80. The zero-order valence-electron chi connectivity index (χ0n) is 20.5. The van der Waals surface area contributed by atoms with E-state index in [9.17, 15) is 27.6 Å². The smallest absolute Gasteiger partial charge is 0.336 e. The molecule has 0 N–H and O–H groups in total. The molecule has 1 aromatic heterocycles. The van der Waals surface area contributed by atoms with Crippen LogP contribution in [0.4, 0.5) is 13.2 Å². The number of nitrogens with zero attached hydrogens (tertiary/aromatic N) is 2. The van der Waals surface area contributed by atoms with E-state index in [-0.39, 0.29) is 34.9 Å². The number of rotatable bonds is 6. The first-order valence-electron chi connectivity index (χ1n) is 11.0. The largest absolute Gasteiger partial charge is 0.416 e. The fourth-order valence-electron chi connectivity index (χ4n) is 3.43. The molecule has 0 aliphatic heterocycles. The van der Waals surface area contributed by atoms with Crippen LogP contribution in [0.15, 0.2) is 29.1 Å². The SMILES string of the molecule is CC(C)N(C(=O)Cn1c(=CC(=O)C(C)(C)C)sc(=Cc2ccc(C(F)(F)F)cc2)c1=O)C(C)C. The van der Waals surface area contributed by atoms with E-state index in [2.05, 4.69) is 0 Å². The molecule has 5 nitrogen and oxygen atoms in total. The summed E-state index contributed by atoms with van der Waals surface area (Å²) in [5.74, 6) is -0.468. The zero-order valence-corrected chi connectivity index (χ0v) is 21.3. The summed E-state index contributed by atoms with van der Waals surface area (Å²) < 4.78 is 40.4. The van der Waals surface area contributed by atoms with E-state index < -0.39 is 22.7 Å². The van der Waals surface area contributed by atoms with Gasteiger partial charge in [-0.05, 0) is 51.5 Å². The number of halogens is 3. The van der Waals surface area contributed by atoms with Crippen LogP contribution >= 0.6 is 11.3 Å². The summed E-state index contributed by atoms with van der Waals surface area (Å²) >= 11 is 1.03. The number of amides is 1. The Balaban J connectivity index is 2.64. The third-order valence-electron chi connectivity index (χ3n) is 5.16. The first kappa shape index (κ1) is 27.6. The average Bonchev–Trinajstić information content (AvgIpc) is 2.95. The highest BCUT2D eigenvalue weighted by molar-refractivity contribution is 7.07. The van der Waals surface area contributed by atoms with Crippen molar-refractivity contribution in [2.75, 3.05) is 0 Å². The fourth-order valence-corrected chi connectivity index (χ4v) is 4.47. The molecule has 34 heavy (non-hydrogen) atoms. The van der Waals surface area contributed by atoms with E-state index in [1.165, 1.54) is 28.9 Å². The predicted molar refractivity (Wildman–Crippen MR) is 129 cm³/mol. The van der Waals surface area contributed by atoms with E-state index in [1.54, 1.807) is 25.7 Å². The molecule has 0 unspecified atom stereocenters. The summed E-state index contributed by atoms with van der Waals surface area (Å²) in [5, 5.41) is 0. The van der Waals surface area contributed by atoms with Gasteiger partial charge in [-0.15, -0.1) is 11.3 Å². The highest BCUT2D eigenvalue weighted by atomic mass is 32.1. The molecule has 1 aromatic carbocycles. The van der Waals surface area contributed by atoms with Gasteiger partial charge in [0.1, 0.15) is 11.2 Å². The normalized spacial score (nSPS) is 13.8. The quantitative estimate of drug-likeness (QED) is 0.611. The average molecular weight is 497 g/mol. The van der Waals surface area contributed by atoms with Gasteiger partial charge in [-0.1, -0.05) is 32.9 Å². The van der Waals surface area contributed by atoms with Gasteiger partial charge in [-0.25, -0.2) is 0 Å². The number of Topliss-reactive ketones (excluding diaryl/α,β-unsaturated/α-hetero) is 1. The van der Waals surface area contributed by atoms with Gasteiger partial charge in [0.25, 0.3) is 5.56 Å². The fraction of sp³-hybridized carbons (Fsp3) is 0.480. The molecule has 186 valence electrons. The lowest BCUT2D eigenvalue weighted by Gasteiger charge is -2.30. The molecule has 0 aliphatic carbocycles. The minimum atomic E-state index is -4.46. The number of ketones is 1. The molecule has 9 heteroatoms. The Morgan fingerprint density at radius 3 is 2.00 bits per heavy atom. The Morgan fingerprint density at radius 1 is 1.03 bits per heavy atom. The molecule has 0 saturated heterocycles. The maximum atomic E-state index is 13.2. The molecule has 2 aromatic rings. The molecular formula is C25H31F3N2O3S. The van der Waals surface area contributed by atoms with Gasteiger partial charge in [-0.3, -0.25) is 19.0 Å². The minimum Gasteiger partial charge on any atom is -0.336 e. The second-order valence-corrected chi connectivity index (χ2v) is 10.8. The highest BCUT2D eigenvalue weighted by Crippen LogP contribution is 2.29. The van der Waals surface area contributed by atoms with Gasteiger partial charge in [-0.2, -0.15) is 13.2 Å². The van der Waals surface area contributed by atoms with Crippen LogP contribution < -0.4 is 14.8 Å². The molecule has 0 bridgehead atoms. The summed E-state index contributed by atoms with van der Waals surface area (Å²) in [6.45, 7) is 12.5. The number of benzene rings is 1. The van der Waals surface area contributed by atoms with Crippen molar-refractivity contribution in [1.29, 1.82) is 0 Å². The lowest BCUT2D eigenvalue weighted by atomic mass is 9.91. The maximum Gasteiger partial charge on any atom is 0.416 e. The lowest BCUT2D eigenvalue weighted by molar-refractivity contribution is -0.137. The minimum absolute atomic E-state index is 0.0799. The van der Waals surface area contributed by atoms with E-state index in [0.717, 1.165) is 23.5 Å². The molecule has 2 rings (SSSR count). The molecule has 0 fully saturated rings. The monoisotopic (exact) mass is 496 g/mol. The summed E-state index contributed by atoms with van der Waals surface area (Å²) in [7, 11) is 0. The van der Waals surface area contributed by atoms with Crippen LogP contribution in [-0.2, 0) is 22.3 Å². The number of alkyl halides is 3. The van der Waals surface area contributed by atoms with Gasteiger partial charge >= 0.3 is 6.18 Å². The van der Waals surface area contributed by atoms with Crippen molar-refractivity contribution >= 4 is 35.2 Å². The van der Waals surface area contributed by atoms with Gasteiger partial charge in [0.05, 0.1) is 10.1 Å². The van der Waals surface area contributed by atoms with Gasteiger partial charge < -0.3 is 4.90 Å². The van der Waals surface area contributed by atoms with Crippen LogP contribution in [0.25, 0.3) is 12.2 Å². The summed E-state index contributed by atoms with van der Waals surface area (Å²) in [6, 6.07) is 4.29. The van der Waals surface area contributed by atoms with Crippen LogP contribution in [0.5, 0.6) is 0 Å². The molecule has 0 aliphatic rings. The van der Waals surface area contributed by atoms with Crippen molar-refractivity contribution in [3.05, 3.63) is 54.9 Å². The van der Waals surface area contributed by atoms with Crippen molar-refractivity contribution in [2.24, 2.45) is 5.41 Å². The molecular weight excluding hydrogens is 465 g/mol. The second kappa shape index (κ2) is 10.3. The molecule has 1 heterocycles. The first-order chi connectivity index (χ1) is 15.5. The second-order valence-electron chi connectivity index (χ2n) is 9.71. The van der Waals surface area contributed by atoms with Crippen LogP contribution in [-0.4, -0.2) is 33.2 Å². The number of carbonyl (C=O) groups excluding carboxylic acids is 2. The Hall–Kier alpha value is -2.68. The third-order valence-corrected chi connectivity index (χ3v) is 6.22. The standard InChI is InChI=1S/C25H31F3N2O3S/c1-15(2)30(16(3)4)21(32)14-29-22(13-20(31)24(5,6)7)34-19(23(29)33)12-17-8-10-18(11-9-17)25(26,27)28/h8-13,15-16H,14H2,1-7H3. The van der Waals surface area contributed by atoms with Crippen LogP contribution in [0, 0.1) is 5.41 Å². The van der Waals surface area contributed by atoms with Crippen molar-refractivity contribution < 1.29 is 22.8 Å².